The van der Waals surface area contributed by atoms with E-state index in [1.807, 2.05) is 30.3 Å². The number of hydrogen-bond acceptors (Lipinski definition) is 8. The van der Waals surface area contributed by atoms with Crippen LogP contribution in [0.15, 0.2) is 52.5 Å². The van der Waals surface area contributed by atoms with Crippen LogP contribution in [0.2, 0.25) is 0 Å². The fourth-order valence-electron chi connectivity index (χ4n) is 3.90. The normalized spacial score (nSPS) is 17.9. The molecule has 0 radical (unpaired) electrons. The van der Waals surface area contributed by atoms with Crippen molar-refractivity contribution in [2.24, 2.45) is 10.2 Å². The molecule has 2 aromatic carbocycles. The Labute approximate surface area is 176 Å². The third kappa shape index (κ3) is 4.41. The predicted molar refractivity (Wildman–Crippen MR) is 114 cm³/mol. The maximum Gasteiger partial charge on any atom is 0.238 e. The number of sulfonamides is 1. The molecule has 0 saturated carbocycles. The van der Waals surface area contributed by atoms with Crippen molar-refractivity contribution in [3.63, 3.8) is 0 Å². The molecular formula is C20H26N6O3S. The number of hydrazone groups is 1. The zero-order chi connectivity index (χ0) is 21.1. The summed E-state index contributed by atoms with van der Waals surface area (Å²) in [5.74, 6) is 1.47. The van der Waals surface area contributed by atoms with Gasteiger partial charge in [0.25, 0.3) is 0 Å². The van der Waals surface area contributed by atoms with E-state index in [-0.39, 0.29) is 10.8 Å². The van der Waals surface area contributed by atoms with Gasteiger partial charge in [-0.3, -0.25) is 5.43 Å². The molecule has 4 rings (SSSR count). The second-order valence-corrected chi connectivity index (χ2v) is 8.93. The summed E-state index contributed by atoms with van der Waals surface area (Å²) >= 11 is 0. The molecule has 5 N–H and O–H groups in total. The van der Waals surface area contributed by atoms with E-state index in [1.165, 1.54) is 6.07 Å². The molecule has 2 aliphatic heterocycles. The van der Waals surface area contributed by atoms with Crippen molar-refractivity contribution in [3.8, 4) is 5.75 Å². The smallest absolute Gasteiger partial charge is 0.238 e. The van der Waals surface area contributed by atoms with Crippen LogP contribution >= 0.6 is 0 Å². The first kappa shape index (κ1) is 20.6. The number of ether oxygens (including phenoxy) is 1. The monoisotopic (exact) mass is 430 g/mol. The maximum atomic E-state index is 12.3. The molecule has 9 nitrogen and oxygen atoms in total. The molecule has 0 amide bonds. The van der Waals surface area contributed by atoms with Gasteiger partial charge in [0.05, 0.1) is 18.6 Å². The summed E-state index contributed by atoms with van der Waals surface area (Å²) in [5, 5.41) is 14.9. The highest BCUT2D eigenvalue weighted by Gasteiger charge is 2.29. The van der Waals surface area contributed by atoms with E-state index in [0.717, 1.165) is 42.8 Å². The number of rotatable bonds is 6. The van der Waals surface area contributed by atoms with Crippen molar-refractivity contribution in [1.29, 1.82) is 0 Å². The number of nitrogens with one attached hydrogen (secondary N) is 3. The first-order chi connectivity index (χ1) is 14.5. The quantitative estimate of drug-likeness (QED) is 0.539. The van der Waals surface area contributed by atoms with Crippen molar-refractivity contribution < 1.29 is 13.2 Å². The number of primary sulfonamides is 1. The molecule has 2 aromatic rings. The number of nitrogens with zero attached hydrogens (tertiary/aromatic N) is 2. The van der Waals surface area contributed by atoms with Gasteiger partial charge in [0, 0.05) is 5.56 Å². The number of amidine groups is 1. The Bertz CT molecular complexity index is 1030. The summed E-state index contributed by atoms with van der Waals surface area (Å²) in [6.07, 6.45) is 1.86. The third-order valence-corrected chi connectivity index (χ3v) is 6.36. The van der Waals surface area contributed by atoms with Crippen LogP contribution in [-0.2, 0) is 16.6 Å². The van der Waals surface area contributed by atoms with E-state index < -0.39 is 10.0 Å². The fourth-order valence-corrected chi connectivity index (χ4v) is 4.67. The lowest BCUT2D eigenvalue weighted by atomic mass is 9.87. The van der Waals surface area contributed by atoms with E-state index in [4.69, 9.17) is 9.88 Å². The van der Waals surface area contributed by atoms with E-state index in [1.54, 1.807) is 18.3 Å². The predicted octanol–water partition coefficient (Wildman–Crippen LogP) is 0.996. The van der Waals surface area contributed by atoms with Crippen LogP contribution in [0.5, 0.6) is 5.75 Å². The Morgan fingerprint density at radius 3 is 2.57 bits per heavy atom. The Hall–Kier alpha value is -2.66. The summed E-state index contributed by atoms with van der Waals surface area (Å²) in [5.41, 5.74) is 8.62. The molecule has 0 bridgehead atoms. The number of methoxy groups -OCH3 is 1. The fraction of sp³-hybridized carbons (Fsp3) is 0.350. The minimum Gasteiger partial charge on any atom is -0.497 e. The minimum atomic E-state index is -3.91. The third-order valence-electron chi connectivity index (χ3n) is 5.40. The lowest BCUT2D eigenvalue weighted by Crippen LogP contribution is -2.41. The summed E-state index contributed by atoms with van der Waals surface area (Å²) in [7, 11) is -2.29. The molecule has 30 heavy (non-hydrogen) atoms. The van der Waals surface area contributed by atoms with E-state index in [2.05, 4.69) is 21.4 Å². The van der Waals surface area contributed by atoms with Gasteiger partial charge in [0.1, 0.15) is 5.75 Å². The van der Waals surface area contributed by atoms with Crippen LogP contribution in [-0.4, -0.2) is 39.6 Å². The van der Waals surface area contributed by atoms with Crippen LogP contribution in [0.1, 0.15) is 35.4 Å². The van der Waals surface area contributed by atoms with Gasteiger partial charge in [-0.2, -0.15) is 0 Å². The number of nitrogens with two attached hydrogens (primary N) is 1. The zero-order valence-corrected chi connectivity index (χ0v) is 17.6. The Morgan fingerprint density at radius 1 is 1.17 bits per heavy atom. The second-order valence-electron chi connectivity index (χ2n) is 7.40. The van der Waals surface area contributed by atoms with Gasteiger partial charge in [0.2, 0.25) is 10.0 Å². The average Bonchev–Trinajstić information content (AvgIpc) is 3.22. The number of benzene rings is 2. The SMILES string of the molecule is COc1ccc(CN2NN=C(c3c(C4CCNCC4)cccc3S(N)(=O)=O)N2)cc1. The lowest BCUT2D eigenvalue weighted by molar-refractivity contribution is 0.170. The summed E-state index contributed by atoms with van der Waals surface area (Å²) < 4.78 is 29.8. The largest absolute Gasteiger partial charge is 0.497 e. The van der Waals surface area contributed by atoms with Crippen LogP contribution in [0.25, 0.3) is 0 Å². The van der Waals surface area contributed by atoms with Gasteiger partial charge in [-0.05, 0) is 61.2 Å². The minimum absolute atomic E-state index is 0.0814. The van der Waals surface area contributed by atoms with Crippen LogP contribution < -0.4 is 26.2 Å². The first-order valence-electron chi connectivity index (χ1n) is 9.83. The lowest BCUT2D eigenvalue weighted by Gasteiger charge is -2.26. The van der Waals surface area contributed by atoms with Crippen molar-refractivity contribution in [3.05, 3.63) is 59.2 Å². The van der Waals surface area contributed by atoms with Crippen LogP contribution in [0, 0.1) is 0 Å². The Morgan fingerprint density at radius 2 is 1.90 bits per heavy atom. The number of hydrazine groups is 2. The molecule has 2 aliphatic rings. The highest BCUT2D eigenvalue weighted by atomic mass is 32.2. The van der Waals surface area contributed by atoms with Crippen molar-refractivity contribution in [1.82, 2.24) is 21.4 Å². The maximum absolute atomic E-state index is 12.3. The van der Waals surface area contributed by atoms with Gasteiger partial charge < -0.3 is 10.1 Å². The van der Waals surface area contributed by atoms with Crippen molar-refractivity contribution >= 4 is 15.9 Å². The van der Waals surface area contributed by atoms with Gasteiger partial charge in [-0.25, -0.2) is 19.1 Å². The molecule has 0 unspecified atom stereocenters. The molecule has 0 aliphatic carbocycles. The van der Waals surface area contributed by atoms with Crippen LogP contribution in [0.4, 0.5) is 0 Å². The first-order valence-corrected chi connectivity index (χ1v) is 11.4. The number of piperidine rings is 1. The van der Waals surface area contributed by atoms with Gasteiger partial charge >= 0.3 is 0 Å². The van der Waals surface area contributed by atoms with Gasteiger partial charge in [0.15, 0.2) is 5.84 Å². The highest BCUT2D eigenvalue weighted by Crippen LogP contribution is 2.32. The van der Waals surface area contributed by atoms with Gasteiger partial charge in [-0.15, -0.1) is 10.2 Å². The van der Waals surface area contributed by atoms with E-state index in [0.29, 0.717) is 17.9 Å². The molecule has 160 valence electrons. The summed E-state index contributed by atoms with van der Waals surface area (Å²) in [4.78, 5) is 0.0814. The topological polar surface area (TPSA) is 121 Å². The molecular weight excluding hydrogens is 404 g/mol. The molecule has 10 heteroatoms. The molecule has 0 spiro atoms. The molecule has 1 saturated heterocycles. The second kappa shape index (κ2) is 8.60. The zero-order valence-electron chi connectivity index (χ0n) is 16.8. The molecule has 0 atom stereocenters. The van der Waals surface area contributed by atoms with Crippen molar-refractivity contribution in [2.45, 2.75) is 30.2 Å². The Balaban J connectivity index is 1.60. The standard InChI is InChI=1S/C20H26N6O3S/c1-29-16-7-5-14(6-8-16)13-26-24-20(23-25-26)19-17(15-9-11-22-12-10-15)3-2-4-18(19)30(21,27)28/h2-8,15,22,25H,9-13H2,1H3,(H,23,24)(H2,21,27,28). The molecule has 1 fully saturated rings. The molecule has 0 aromatic heterocycles. The van der Waals surface area contributed by atoms with E-state index >= 15 is 0 Å². The van der Waals surface area contributed by atoms with E-state index in [9.17, 15) is 8.42 Å². The Kier molecular flexibility index (Phi) is 5.91. The highest BCUT2D eigenvalue weighted by molar-refractivity contribution is 7.89. The average molecular weight is 431 g/mol. The molecule has 2 heterocycles. The summed E-state index contributed by atoms with van der Waals surface area (Å²) in [6.45, 7) is 2.30. The number of hydrogen-bond donors (Lipinski definition) is 4. The summed E-state index contributed by atoms with van der Waals surface area (Å²) in [6, 6.07) is 12.9. The van der Waals surface area contributed by atoms with Crippen LogP contribution in [0.3, 0.4) is 0 Å². The van der Waals surface area contributed by atoms with Gasteiger partial charge in [-0.1, -0.05) is 24.3 Å². The van der Waals surface area contributed by atoms with Crippen molar-refractivity contribution in [2.75, 3.05) is 20.2 Å².